The van der Waals surface area contributed by atoms with Gasteiger partial charge in [0, 0.05) is 18.0 Å². The van der Waals surface area contributed by atoms with E-state index >= 15 is 0 Å². The molecule has 3 aromatic rings. The van der Waals surface area contributed by atoms with E-state index in [1.54, 1.807) is 12.1 Å². The molecule has 0 aliphatic heterocycles. The van der Waals surface area contributed by atoms with Crippen molar-refractivity contribution in [1.29, 1.82) is 0 Å². The highest BCUT2D eigenvalue weighted by Crippen LogP contribution is 2.31. The smallest absolute Gasteiger partial charge is 0.348 e. The molecule has 37 heavy (non-hydrogen) atoms. The zero-order valence-corrected chi connectivity index (χ0v) is 22.6. The highest BCUT2D eigenvalue weighted by atomic mass is 19.1. The SMILES string of the molecule is CCCCCCCCCc1cnc(-c2ccccc2-c2ccc(OC(=O)C(C)(F)CCCC)cc2)nc1. The summed E-state index contributed by atoms with van der Waals surface area (Å²) in [6, 6.07) is 15.1. The Kier molecular flexibility index (Phi) is 11.2. The molecular weight excluding hydrogens is 463 g/mol. The number of unbranched alkanes of at least 4 members (excludes halogenated alkanes) is 7. The van der Waals surface area contributed by atoms with Gasteiger partial charge in [-0.2, -0.15) is 0 Å². The number of carbonyl (C=O) groups excluding carboxylic acids is 1. The van der Waals surface area contributed by atoms with Crippen LogP contribution in [0, 0.1) is 0 Å². The van der Waals surface area contributed by atoms with E-state index in [2.05, 4.69) is 16.9 Å². The minimum absolute atomic E-state index is 0.158. The topological polar surface area (TPSA) is 52.1 Å². The van der Waals surface area contributed by atoms with Crippen LogP contribution in [0.1, 0.15) is 90.5 Å². The highest BCUT2D eigenvalue weighted by Gasteiger charge is 2.34. The van der Waals surface area contributed by atoms with E-state index < -0.39 is 11.6 Å². The third-order valence-electron chi connectivity index (χ3n) is 6.74. The molecule has 0 spiro atoms. The Labute approximate surface area is 221 Å². The van der Waals surface area contributed by atoms with Crippen LogP contribution in [0.2, 0.25) is 0 Å². The Morgan fingerprint density at radius 1 is 0.811 bits per heavy atom. The molecule has 1 heterocycles. The van der Waals surface area contributed by atoms with Gasteiger partial charge in [-0.05, 0) is 61.4 Å². The third-order valence-corrected chi connectivity index (χ3v) is 6.74. The maximum atomic E-state index is 14.6. The maximum absolute atomic E-state index is 14.6. The predicted octanol–water partition coefficient (Wildman–Crippen LogP) is 8.93. The van der Waals surface area contributed by atoms with Crippen molar-refractivity contribution in [1.82, 2.24) is 9.97 Å². The number of rotatable bonds is 15. The number of aryl methyl sites for hydroxylation is 1. The molecule has 0 amide bonds. The van der Waals surface area contributed by atoms with Gasteiger partial charge in [-0.1, -0.05) is 95.2 Å². The van der Waals surface area contributed by atoms with Crippen LogP contribution in [-0.2, 0) is 11.2 Å². The second-order valence-corrected chi connectivity index (χ2v) is 10.0. The van der Waals surface area contributed by atoms with Crippen LogP contribution in [0.15, 0.2) is 60.9 Å². The van der Waals surface area contributed by atoms with Crippen LogP contribution in [0.25, 0.3) is 22.5 Å². The highest BCUT2D eigenvalue weighted by molar-refractivity contribution is 5.82. The van der Waals surface area contributed by atoms with Crippen LogP contribution in [0.3, 0.4) is 0 Å². The summed E-state index contributed by atoms with van der Waals surface area (Å²) >= 11 is 0. The standard InChI is InChI=1S/C32H41FN2O2/c1-4-6-8-9-10-11-12-15-25-23-34-30(35-24-25)29-17-14-13-16-28(29)26-18-20-27(21-19-26)37-31(36)32(3,33)22-7-5-2/h13-14,16-21,23-24H,4-12,15,22H2,1-3H3. The Bertz CT molecular complexity index is 1090. The number of aromatic nitrogens is 2. The fourth-order valence-corrected chi connectivity index (χ4v) is 4.37. The summed E-state index contributed by atoms with van der Waals surface area (Å²) in [7, 11) is 0. The first-order valence-corrected chi connectivity index (χ1v) is 13.9. The van der Waals surface area contributed by atoms with E-state index in [-0.39, 0.29) is 6.42 Å². The second kappa shape index (κ2) is 14.6. The van der Waals surface area contributed by atoms with Crippen LogP contribution >= 0.6 is 0 Å². The van der Waals surface area contributed by atoms with Crippen molar-refractivity contribution in [2.45, 2.75) is 97.1 Å². The molecular formula is C32H41FN2O2. The van der Waals surface area contributed by atoms with E-state index in [9.17, 15) is 9.18 Å². The molecule has 0 saturated carbocycles. The zero-order chi connectivity index (χ0) is 26.5. The normalized spacial score (nSPS) is 12.8. The first kappa shape index (κ1) is 28.5. The molecule has 0 radical (unpaired) electrons. The Hall–Kier alpha value is -3.08. The number of esters is 1. The van der Waals surface area contributed by atoms with Gasteiger partial charge in [0.15, 0.2) is 5.82 Å². The summed E-state index contributed by atoms with van der Waals surface area (Å²) in [6.45, 7) is 5.50. The van der Waals surface area contributed by atoms with Crippen molar-refractivity contribution in [2.75, 3.05) is 0 Å². The summed E-state index contributed by atoms with van der Waals surface area (Å²) in [5, 5.41) is 0. The minimum Gasteiger partial charge on any atom is -0.424 e. The van der Waals surface area contributed by atoms with Gasteiger partial charge in [0.1, 0.15) is 5.75 Å². The first-order chi connectivity index (χ1) is 17.9. The van der Waals surface area contributed by atoms with Crippen molar-refractivity contribution >= 4 is 5.97 Å². The third kappa shape index (κ3) is 8.77. The Morgan fingerprint density at radius 2 is 1.41 bits per heavy atom. The molecule has 1 aromatic heterocycles. The molecule has 2 aromatic carbocycles. The van der Waals surface area contributed by atoms with Crippen molar-refractivity contribution in [3.8, 4) is 28.3 Å². The summed E-state index contributed by atoms with van der Waals surface area (Å²) < 4.78 is 19.9. The molecule has 5 heteroatoms. The quantitative estimate of drug-likeness (QED) is 0.118. The molecule has 198 valence electrons. The predicted molar refractivity (Wildman–Crippen MR) is 149 cm³/mol. The van der Waals surface area contributed by atoms with Crippen molar-refractivity contribution in [2.24, 2.45) is 0 Å². The number of nitrogens with zero attached hydrogens (tertiary/aromatic N) is 2. The van der Waals surface area contributed by atoms with Gasteiger partial charge < -0.3 is 4.74 Å². The summed E-state index contributed by atoms with van der Waals surface area (Å²) in [4.78, 5) is 21.6. The largest absolute Gasteiger partial charge is 0.424 e. The number of hydrogen-bond acceptors (Lipinski definition) is 4. The van der Waals surface area contributed by atoms with Gasteiger partial charge in [0.2, 0.25) is 5.67 Å². The lowest BCUT2D eigenvalue weighted by molar-refractivity contribution is -0.147. The molecule has 0 aliphatic rings. The fraction of sp³-hybridized carbons (Fsp3) is 0.469. The summed E-state index contributed by atoms with van der Waals surface area (Å²) in [5.41, 5.74) is 2.04. The second-order valence-electron chi connectivity index (χ2n) is 10.0. The minimum atomic E-state index is -1.99. The number of carbonyl (C=O) groups is 1. The molecule has 0 fully saturated rings. The lowest BCUT2D eigenvalue weighted by atomic mass is 9.99. The van der Waals surface area contributed by atoms with Gasteiger partial charge >= 0.3 is 5.97 Å². The number of ether oxygens (including phenoxy) is 1. The maximum Gasteiger partial charge on any atom is 0.348 e. The number of alkyl halides is 1. The molecule has 0 N–H and O–H groups in total. The molecule has 0 aliphatic carbocycles. The first-order valence-electron chi connectivity index (χ1n) is 13.9. The van der Waals surface area contributed by atoms with Crippen LogP contribution < -0.4 is 4.74 Å². The molecule has 0 bridgehead atoms. The lowest BCUT2D eigenvalue weighted by Crippen LogP contribution is -2.34. The summed E-state index contributed by atoms with van der Waals surface area (Å²) in [5.74, 6) is 0.162. The average Bonchev–Trinajstić information content (AvgIpc) is 2.92. The van der Waals surface area contributed by atoms with Crippen molar-refractivity contribution in [3.05, 3.63) is 66.5 Å². The van der Waals surface area contributed by atoms with E-state index in [1.807, 2.05) is 55.7 Å². The van der Waals surface area contributed by atoms with Crippen LogP contribution in [-0.4, -0.2) is 21.6 Å². The van der Waals surface area contributed by atoms with Gasteiger partial charge in [-0.25, -0.2) is 19.2 Å². The monoisotopic (exact) mass is 504 g/mol. The zero-order valence-electron chi connectivity index (χ0n) is 22.6. The van der Waals surface area contributed by atoms with E-state index in [1.165, 1.54) is 57.4 Å². The van der Waals surface area contributed by atoms with Gasteiger partial charge in [-0.15, -0.1) is 0 Å². The molecule has 3 rings (SSSR count). The number of hydrogen-bond donors (Lipinski definition) is 0. The van der Waals surface area contributed by atoms with Crippen LogP contribution in [0.5, 0.6) is 5.75 Å². The van der Waals surface area contributed by atoms with Gasteiger partial charge in [0.25, 0.3) is 0 Å². The Morgan fingerprint density at radius 3 is 2.05 bits per heavy atom. The summed E-state index contributed by atoms with van der Waals surface area (Å²) in [6.07, 6.45) is 15.5. The number of halogens is 1. The fourth-order valence-electron chi connectivity index (χ4n) is 4.37. The molecule has 1 atom stereocenters. The molecule has 1 unspecified atom stereocenters. The van der Waals surface area contributed by atoms with Gasteiger partial charge in [-0.3, -0.25) is 0 Å². The van der Waals surface area contributed by atoms with E-state index in [0.717, 1.165) is 29.5 Å². The van der Waals surface area contributed by atoms with Crippen LogP contribution in [0.4, 0.5) is 4.39 Å². The Balaban J connectivity index is 1.63. The van der Waals surface area contributed by atoms with E-state index in [0.29, 0.717) is 18.0 Å². The average molecular weight is 505 g/mol. The van der Waals surface area contributed by atoms with Gasteiger partial charge in [0.05, 0.1) is 0 Å². The number of benzene rings is 2. The van der Waals surface area contributed by atoms with Crippen molar-refractivity contribution < 1.29 is 13.9 Å². The molecule has 0 saturated heterocycles. The van der Waals surface area contributed by atoms with E-state index in [4.69, 9.17) is 4.74 Å². The van der Waals surface area contributed by atoms with Crippen molar-refractivity contribution in [3.63, 3.8) is 0 Å². The molecule has 4 nitrogen and oxygen atoms in total. The lowest BCUT2D eigenvalue weighted by Gasteiger charge is -2.18.